The summed E-state index contributed by atoms with van der Waals surface area (Å²) in [6, 6.07) is 0.290. The predicted octanol–water partition coefficient (Wildman–Crippen LogP) is 2.10. The molecule has 0 aliphatic heterocycles. The third kappa shape index (κ3) is 10.0. The molecular weight excluding hydrogens is 439 g/mol. The summed E-state index contributed by atoms with van der Waals surface area (Å²) in [4.78, 5) is 6.59. The minimum atomic E-state index is -3.12. The van der Waals surface area contributed by atoms with Crippen molar-refractivity contribution in [3.05, 3.63) is 0 Å². The van der Waals surface area contributed by atoms with Gasteiger partial charge in [0.25, 0.3) is 0 Å². The van der Waals surface area contributed by atoms with Crippen LogP contribution in [0.15, 0.2) is 4.99 Å². The van der Waals surface area contributed by atoms with E-state index >= 15 is 0 Å². The second kappa shape index (κ2) is 12.3. The molecule has 146 valence electrons. The van der Waals surface area contributed by atoms with Gasteiger partial charge in [0.1, 0.15) is 0 Å². The van der Waals surface area contributed by atoms with Gasteiger partial charge in [-0.05, 0) is 53.2 Å². The summed E-state index contributed by atoms with van der Waals surface area (Å²) in [5, 5.41) is 6.44. The minimum absolute atomic E-state index is 0. The average Bonchev–Trinajstić information content (AvgIpc) is 2.46. The molecule has 0 aliphatic rings. The van der Waals surface area contributed by atoms with Crippen molar-refractivity contribution in [2.75, 3.05) is 39.5 Å². The third-order valence-corrected chi connectivity index (χ3v) is 6.45. The van der Waals surface area contributed by atoms with Gasteiger partial charge in [-0.15, -0.1) is 24.0 Å². The molecule has 0 saturated carbocycles. The lowest BCUT2D eigenvalue weighted by molar-refractivity contribution is 0.292. The van der Waals surface area contributed by atoms with E-state index in [0.717, 1.165) is 32.5 Å². The van der Waals surface area contributed by atoms with E-state index in [9.17, 15) is 8.42 Å². The molecule has 0 saturated heterocycles. The summed E-state index contributed by atoms with van der Waals surface area (Å²) < 4.78 is 22.6. The van der Waals surface area contributed by atoms with Crippen molar-refractivity contribution in [3.8, 4) is 0 Å². The summed E-state index contributed by atoms with van der Waals surface area (Å²) in [7, 11) is -1.42. The molecule has 0 radical (unpaired) electrons. The number of aliphatic imine (C=N–C) groups is 1. The SMILES string of the molecule is CCN(CC)CCCC(C)NC(=NC)NCC(C)(C)S(C)(=O)=O.I. The van der Waals surface area contributed by atoms with E-state index in [1.807, 2.05) is 0 Å². The summed E-state index contributed by atoms with van der Waals surface area (Å²) in [6.07, 6.45) is 3.44. The Morgan fingerprint density at radius 3 is 2.21 bits per heavy atom. The van der Waals surface area contributed by atoms with E-state index in [-0.39, 0.29) is 30.0 Å². The number of hydrogen-bond acceptors (Lipinski definition) is 4. The van der Waals surface area contributed by atoms with Crippen LogP contribution >= 0.6 is 24.0 Å². The number of sulfone groups is 1. The Balaban J connectivity index is 0. The van der Waals surface area contributed by atoms with Crippen molar-refractivity contribution < 1.29 is 8.42 Å². The molecule has 0 rings (SSSR count). The van der Waals surface area contributed by atoms with Crippen LogP contribution < -0.4 is 10.6 Å². The zero-order chi connectivity index (χ0) is 18.1. The quantitative estimate of drug-likeness (QED) is 0.287. The van der Waals surface area contributed by atoms with Gasteiger partial charge in [0.05, 0.1) is 4.75 Å². The topological polar surface area (TPSA) is 73.8 Å². The van der Waals surface area contributed by atoms with Crippen LogP contribution in [0.1, 0.15) is 47.5 Å². The van der Waals surface area contributed by atoms with Gasteiger partial charge in [-0.3, -0.25) is 4.99 Å². The number of hydrogen-bond donors (Lipinski definition) is 2. The van der Waals surface area contributed by atoms with E-state index in [1.54, 1.807) is 20.9 Å². The van der Waals surface area contributed by atoms with Gasteiger partial charge in [0.15, 0.2) is 15.8 Å². The van der Waals surface area contributed by atoms with Crippen molar-refractivity contribution in [1.29, 1.82) is 0 Å². The van der Waals surface area contributed by atoms with Crippen molar-refractivity contribution in [1.82, 2.24) is 15.5 Å². The van der Waals surface area contributed by atoms with Crippen molar-refractivity contribution in [2.24, 2.45) is 4.99 Å². The molecule has 0 aromatic carbocycles. The van der Waals surface area contributed by atoms with Gasteiger partial charge in [-0.1, -0.05) is 13.8 Å². The van der Waals surface area contributed by atoms with Gasteiger partial charge in [-0.25, -0.2) is 8.42 Å². The number of nitrogens with zero attached hydrogens (tertiary/aromatic N) is 2. The van der Waals surface area contributed by atoms with Crippen LogP contribution in [0.2, 0.25) is 0 Å². The summed E-state index contributed by atoms with van der Waals surface area (Å²) in [5.74, 6) is 0.650. The Morgan fingerprint density at radius 2 is 1.79 bits per heavy atom. The summed E-state index contributed by atoms with van der Waals surface area (Å²) >= 11 is 0. The maximum absolute atomic E-state index is 11.7. The zero-order valence-electron chi connectivity index (χ0n) is 16.3. The molecule has 0 bridgehead atoms. The van der Waals surface area contributed by atoms with Crippen molar-refractivity contribution in [2.45, 2.75) is 58.2 Å². The molecule has 0 aromatic rings. The van der Waals surface area contributed by atoms with Crippen LogP contribution in [0.3, 0.4) is 0 Å². The first-order valence-corrected chi connectivity index (χ1v) is 10.4. The maximum atomic E-state index is 11.7. The molecule has 1 unspecified atom stereocenters. The second-order valence-corrected chi connectivity index (χ2v) is 9.32. The molecule has 6 nitrogen and oxygen atoms in total. The van der Waals surface area contributed by atoms with Crippen LogP contribution in [-0.4, -0.2) is 69.5 Å². The van der Waals surface area contributed by atoms with Crippen molar-refractivity contribution in [3.63, 3.8) is 0 Å². The molecular formula is C16H37IN4O2S. The first-order chi connectivity index (χ1) is 10.6. The first kappa shape index (κ1) is 26.1. The van der Waals surface area contributed by atoms with Crippen LogP contribution in [0, 0.1) is 0 Å². The van der Waals surface area contributed by atoms with E-state index in [1.165, 1.54) is 6.26 Å². The van der Waals surface area contributed by atoms with Crippen molar-refractivity contribution >= 4 is 39.8 Å². The van der Waals surface area contributed by atoms with E-state index in [4.69, 9.17) is 0 Å². The fraction of sp³-hybridized carbons (Fsp3) is 0.938. The van der Waals surface area contributed by atoms with Crippen LogP contribution in [0.5, 0.6) is 0 Å². The highest BCUT2D eigenvalue weighted by molar-refractivity contribution is 14.0. The fourth-order valence-corrected chi connectivity index (χ4v) is 2.42. The Kier molecular flexibility index (Phi) is 13.4. The summed E-state index contributed by atoms with van der Waals surface area (Å²) in [6.45, 7) is 13.5. The van der Waals surface area contributed by atoms with Crippen LogP contribution in [0.4, 0.5) is 0 Å². The molecule has 0 aromatic heterocycles. The molecule has 0 heterocycles. The van der Waals surface area contributed by atoms with Gasteiger partial charge in [-0.2, -0.15) is 0 Å². The Morgan fingerprint density at radius 1 is 1.25 bits per heavy atom. The lowest BCUT2D eigenvalue weighted by Gasteiger charge is -2.25. The monoisotopic (exact) mass is 476 g/mol. The smallest absolute Gasteiger partial charge is 0.191 e. The lowest BCUT2D eigenvalue weighted by atomic mass is 10.1. The normalized spacial score (nSPS) is 14.2. The highest BCUT2D eigenvalue weighted by Gasteiger charge is 2.30. The molecule has 8 heteroatoms. The zero-order valence-corrected chi connectivity index (χ0v) is 19.5. The number of rotatable bonds is 10. The van der Waals surface area contributed by atoms with Gasteiger partial charge in [0.2, 0.25) is 0 Å². The Bertz CT molecular complexity index is 463. The molecule has 24 heavy (non-hydrogen) atoms. The van der Waals surface area contributed by atoms with Crippen LogP contribution in [0.25, 0.3) is 0 Å². The Hall–Kier alpha value is -0.0900. The number of halogens is 1. The number of nitrogens with one attached hydrogen (secondary N) is 2. The standard InChI is InChI=1S/C16H36N4O2S.HI/c1-8-20(9-2)12-10-11-14(3)19-15(17-6)18-13-16(4,5)23(7,21)22;/h14H,8-13H2,1-7H3,(H2,17,18,19);1H. The molecule has 0 spiro atoms. The predicted molar refractivity (Wildman–Crippen MR) is 115 cm³/mol. The first-order valence-electron chi connectivity index (χ1n) is 8.46. The second-order valence-electron chi connectivity index (χ2n) is 6.67. The van der Waals surface area contributed by atoms with E-state index < -0.39 is 14.6 Å². The molecule has 0 amide bonds. The van der Waals surface area contributed by atoms with Gasteiger partial charge in [0, 0.05) is 25.9 Å². The highest BCUT2D eigenvalue weighted by atomic mass is 127. The average molecular weight is 476 g/mol. The molecule has 0 fully saturated rings. The summed E-state index contributed by atoms with van der Waals surface area (Å²) in [5.41, 5.74) is 0. The highest BCUT2D eigenvalue weighted by Crippen LogP contribution is 2.13. The van der Waals surface area contributed by atoms with E-state index in [2.05, 4.69) is 41.3 Å². The van der Waals surface area contributed by atoms with E-state index in [0.29, 0.717) is 12.5 Å². The van der Waals surface area contributed by atoms with Gasteiger partial charge >= 0.3 is 0 Å². The molecule has 1 atom stereocenters. The fourth-order valence-electron chi connectivity index (χ4n) is 2.09. The number of guanidine groups is 1. The Labute approximate surface area is 166 Å². The van der Waals surface area contributed by atoms with Gasteiger partial charge < -0.3 is 15.5 Å². The molecule has 0 aliphatic carbocycles. The maximum Gasteiger partial charge on any atom is 0.191 e. The molecule has 2 N–H and O–H groups in total. The third-order valence-electron chi connectivity index (χ3n) is 4.30. The van der Waals surface area contributed by atoms with Crippen LogP contribution in [-0.2, 0) is 9.84 Å². The largest absolute Gasteiger partial charge is 0.355 e. The minimum Gasteiger partial charge on any atom is -0.355 e. The lowest BCUT2D eigenvalue weighted by Crippen LogP contribution is -2.49.